The number of anilines is 1. The summed E-state index contributed by atoms with van der Waals surface area (Å²) in [7, 11) is 0.109. The van der Waals surface area contributed by atoms with E-state index in [1.165, 1.54) is 28.7 Å². The molecule has 3 rings (SSSR count). The molecule has 0 spiro atoms. The molecule has 0 atom stereocenters. The molecule has 158 valence electrons. The number of rotatable bonds is 5. The number of benzene rings is 1. The van der Waals surface area contributed by atoms with Crippen LogP contribution in [0.2, 0.25) is 0 Å². The first-order chi connectivity index (χ1) is 13.6. The van der Waals surface area contributed by atoms with Gasteiger partial charge in [-0.3, -0.25) is 0 Å². The molecule has 0 unspecified atom stereocenters. The number of sulfonamides is 1. The number of hydrogen-bond acceptors (Lipinski definition) is 5. The van der Waals surface area contributed by atoms with Gasteiger partial charge in [-0.2, -0.15) is 17.5 Å². The Kier molecular flexibility index (Phi) is 6.16. The van der Waals surface area contributed by atoms with E-state index in [4.69, 9.17) is 0 Å². The molecule has 10 heteroatoms. The predicted octanol–water partition coefficient (Wildman–Crippen LogP) is 2.67. The van der Waals surface area contributed by atoms with Crippen LogP contribution in [0.5, 0.6) is 0 Å². The summed E-state index contributed by atoms with van der Waals surface area (Å²) in [5, 5.41) is 0. The van der Waals surface area contributed by atoms with E-state index >= 15 is 0 Å². The Morgan fingerprint density at radius 2 is 1.66 bits per heavy atom. The third-order valence-corrected chi connectivity index (χ3v) is 6.80. The highest BCUT2D eigenvalue weighted by Crippen LogP contribution is 2.29. The minimum Gasteiger partial charge on any atom is -0.355 e. The molecule has 2 aromatic rings. The second-order valence-corrected chi connectivity index (χ2v) is 9.05. The molecule has 1 aromatic carbocycles. The van der Waals surface area contributed by atoms with Crippen molar-refractivity contribution in [3.8, 4) is 0 Å². The summed E-state index contributed by atoms with van der Waals surface area (Å²) in [6, 6.07) is 8.05. The minimum atomic E-state index is -4.36. The van der Waals surface area contributed by atoms with E-state index in [0.29, 0.717) is 44.1 Å². The second kappa shape index (κ2) is 8.29. The van der Waals surface area contributed by atoms with Crippen LogP contribution in [-0.4, -0.2) is 62.9 Å². The summed E-state index contributed by atoms with van der Waals surface area (Å²) in [5.41, 5.74) is -0.00284. The number of halogens is 3. The minimum absolute atomic E-state index is 0.133. The maximum Gasteiger partial charge on any atom is 0.416 e. The van der Waals surface area contributed by atoms with Crippen molar-refractivity contribution in [1.29, 1.82) is 0 Å². The lowest BCUT2D eigenvalue weighted by molar-refractivity contribution is -0.137. The molecule has 2 heterocycles. The molecule has 1 aliphatic heterocycles. The van der Waals surface area contributed by atoms with E-state index < -0.39 is 21.8 Å². The molecule has 1 aromatic heterocycles. The zero-order chi connectivity index (χ0) is 21.2. The lowest BCUT2D eigenvalue weighted by atomic mass is 10.1. The monoisotopic (exact) mass is 428 g/mol. The molecule has 1 saturated heterocycles. The van der Waals surface area contributed by atoms with Gasteiger partial charge in [0.05, 0.1) is 5.56 Å². The molecular weight excluding hydrogens is 405 g/mol. The van der Waals surface area contributed by atoms with Crippen LogP contribution in [0.3, 0.4) is 0 Å². The van der Waals surface area contributed by atoms with Crippen LogP contribution in [-0.2, 0) is 22.7 Å². The third kappa shape index (κ3) is 5.06. The third-order valence-electron chi connectivity index (χ3n) is 4.91. The summed E-state index contributed by atoms with van der Waals surface area (Å²) in [5.74, 6) is 0.530. The first-order valence-electron chi connectivity index (χ1n) is 9.09. The summed E-state index contributed by atoms with van der Waals surface area (Å²) in [6.45, 7) is 2.58. The molecule has 0 saturated carbocycles. The van der Waals surface area contributed by atoms with Gasteiger partial charge >= 0.3 is 6.18 Å². The van der Waals surface area contributed by atoms with Gasteiger partial charge in [0, 0.05) is 46.0 Å². The van der Waals surface area contributed by atoms with Gasteiger partial charge in [-0.05, 0) is 36.9 Å². The number of piperazine rings is 1. The molecular formula is C19H23F3N4O2S. The Morgan fingerprint density at radius 1 is 1.03 bits per heavy atom. The van der Waals surface area contributed by atoms with Crippen molar-refractivity contribution < 1.29 is 21.6 Å². The Morgan fingerprint density at radius 3 is 2.17 bits per heavy atom. The van der Waals surface area contributed by atoms with Gasteiger partial charge in [0.2, 0.25) is 10.0 Å². The molecule has 1 fully saturated rings. The van der Waals surface area contributed by atoms with Crippen LogP contribution in [0.15, 0.2) is 47.5 Å². The average Bonchev–Trinajstić information content (AvgIpc) is 2.68. The lowest BCUT2D eigenvalue weighted by Crippen LogP contribution is -2.47. The first-order valence-corrected chi connectivity index (χ1v) is 10.5. The molecule has 0 aliphatic carbocycles. The number of likely N-dealkylation sites (N-methyl/N-ethyl adjacent to an activating group) is 1. The van der Waals surface area contributed by atoms with Crippen LogP contribution < -0.4 is 4.90 Å². The van der Waals surface area contributed by atoms with Crippen LogP contribution in [0.4, 0.5) is 19.0 Å². The van der Waals surface area contributed by atoms with Crippen molar-refractivity contribution in [2.24, 2.45) is 0 Å². The highest BCUT2D eigenvalue weighted by atomic mass is 32.2. The molecule has 0 radical (unpaired) electrons. The Hall–Kier alpha value is -2.17. The number of aromatic nitrogens is 1. The Balaban J connectivity index is 1.68. The SMILES string of the molecule is CN1CCN(S(=O)(=O)c2ccc(N(C)Cc3ccc(C(F)(F)F)cc3)nc2)CC1. The zero-order valence-electron chi connectivity index (χ0n) is 16.2. The summed E-state index contributed by atoms with van der Waals surface area (Å²) >= 11 is 0. The topological polar surface area (TPSA) is 56.8 Å². The van der Waals surface area contributed by atoms with Crippen molar-refractivity contribution in [3.63, 3.8) is 0 Å². The highest BCUT2D eigenvalue weighted by Gasteiger charge is 2.30. The van der Waals surface area contributed by atoms with Gasteiger partial charge in [0.25, 0.3) is 0 Å². The summed E-state index contributed by atoms with van der Waals surface area (Å²) in [4.78, 5) is 8.19. The fraction of sp³-hybridized carbons (Fsp3) is 0.421. The van der Waals surface area contributed by atoms with E-state index in [0.717, 1.165) is 12.1 Å². The number of pyridine rings is 1. The largest absolute Gasteiger partial charge is 0.416 e. The Labute approximate surface area is 168 Å². The number of nitrogens with zero attached hydrogens (tertiary/aromatic N) is 4. The Bertz CT molecular complexity index is 923. The van der Waals surface area contributed by atoms with Gasteiger partial charge in [0.1, 0.15) is 10.7 Å². The average molecular weight is 428 g/mol. The van der Waals surface area contributed by atoms with Crippen molar-refractivity contribution in [1.82, 2.24) is 14.2 Å². The van der Waals surface area contributed by atoms with E-state index in [-0.39, 0.29) is 4.90 Å². The first kappa shape index (κ1) is 21.5. The number of hydrogen-bond donors (Lipinski definition) is 0. The molecule has 29 heavy (non-hydrogen) atoms. The van der Waals surface area contributed by atoms with Crippen LogP contribution in [0, 0.1) is 0 Å². The van der Waals surface area contributed by atoms with Gasteiger partial charge in [0.15, 0.2) is 0 Å². The maximum absolute atomic E-state index is 12.7. The van der Waals surface area contributed by atoms with Crippen molar-refractivity contribution in [3.05, 3.63) is 53.7 Å². The predicted molar refractivity (Wildman–Crippen MR) is 104 cm³/mol. The van der Waals surface area contributed by atoms with Gasteiger partial charge in [-0.1, -0.05) is 12.1 Å². The van der Waals surface area contributed by atoms with Crippen molar-refractivity contribution in [2.45, 2.75) is 17.6 Å². The second-order valence-electron chi connectivity index (χ2n) is 7.11. The van der Waals surface area contributed by atoms with Gasteiger partial charge in [-0.25, -0.2) is 13.4 Å². The van der Waals surface area contributed by atoms with E-state index in [1.54, 1.807) is 18.0 Å². The quantitative estimate of drug-likeness (QED) is 0.733. The normalized spacial score (nSPS) is 16.7. The van der Waals surface area contributed by atoms with Crippen molar-refractivity contribution in [2.75, 3.05) is 45.2 Å². The van der Waals surface area contributed by atoms with E-state index in [1.807, 2.05) is 7.05 Å². The zero-order valence-corrected chi connectivity index (χ0v) is 17.0. The summed E-state index contributed by atoms with van der Waals surface area (Å²) in [6.07, 6.45) is -3.04. The standard InChI is InChI=1S/C19H23F3N4O2S/c1-24-9-11-26(12-10-24)29(27,28)17-7-8-18(23-13-17)25(2)14-15-3-5-16(6-4-15)19(20,21)22/h3-8,13H,9-12,14H2,1-2H3. The van der Waals surface area contributed by atoms with Crippen LogP contribution in [0.25, 0.3) is 0 Å². The molecule has 0 bridgehead atoms. The lowest BCUT2D eigenvalue weighted by Gasteiger charge is -2.31. The van der Waals surface area contributed by atoms with Gasteiger partial charge < -0.3 is 9.80 Å². The smallest absolute Gasteiger partial charge is 0.355 e. The number of alkyl halides is 3. The van der Waals surface area contributed by atoms with E-state index in [2.05, 4.69) is 9.88 Å². The van der Waals surface area contributed by atoms with Crippen molar-refractivity contribution >= 4 is 15.8 Å². The van der Waals surface area contributed by atoms with Gasteiger partial charge in [-0.15, -0.1) is 0 Å². The van der Waals surface area contributed by atoms with E-state index in [9.17, 15) is 21.6 Å². The fourth-order valence-electron chi connectivity index (χ4n) is 3.08. The molecule has 1 aliphatic rings. The molecule has 0 N–H and O–H groups in total. The summed E-state index contributed by atoms with van der Waals surface area (Å²) < 4.78 is 64.9. The maximum atomic E-state index is 12.7. The molecule has 0 amide bonds. The van der Waals surface area contributed by atoms with Crippen LogP contribution in [0.1, 0.15) is 11.1 Å². The molecule has 6 nitrogen and oxygen atoms in total. The van der Waals surface area contributed by atoms with Crippen LogP contribution >= 0.6 is 0 Å². The fourth-order valence-corrected chi connectivity index (χ4v) is 4.45. The highest BCUT2D eigenvalue weighted by molar-refractivity contribution is 7.89.